The maximum absolute atomic E-state index is 12.1. The van der Waals surface area contributed by atoms with Crippen LogP contribution in [0.4, 0.5) is 0 Å². The SMILES string of the molecule is O=C(NCc1nnc(-c2ccccc2)o1)c1ccc(Cl)c(Cl)c1. The van der Waals surface area contributed by atoms with Crippen LogP contribution in [0.3, 0.4) is 0 Å². The molecule has 3 rings (SSSR count). The molecule has 5 nitrogen and oxygen atoms in total. The molecule has 0 aliphatic heterocycles. The van der Waals surface area contributed by atoms with Crippen molar-refractivity contribution in [3.8, 4) is 11.5 Å². The monoisotopic (exact) mass is 347 g/mol. The van der Waals surface area contributed by atoms with Crippen molar-refractivity contribution in [1.29, 1.82) is 0 Å². The summed E-state index contributed by atoms with van der Waals surface area (Å²) in [6, 6.07) is 14.1. The van der Waals surface area contributed by atoms with Crippen LogP contribution in [0.15, 0.2) is 52.9 Å². The highest BCUT2D eigenvalue weighted by molar-refractivity contribution is 6.42. The first kappa shape index (κ1) is 15.5. The van der Waals surface area contributed by atoms with Gasteiger partial charge in [-0.05, 0) is 30.3 Å². The minimum Gasteiger partial charge on any atom is -0.419 e. The molecular weight excluding hydrogens is 337 g/mol. The van der Waals surface area contributed by atoms with Gasteiger partial charge in [-0.3, -0.25) is 4.79 Å². The van der Waals surface area contributed by atoms with Crippen molar-refractivity contribution < 1.29 is 9.21 Å². The van der Waals surface area contributed by atoms with Crippen LogP contribution in [-0.2, 0) is 6.54 Å². The Bertz CT molecular complexity index is 834. The lowest BCUT2D eigenvalue weighted by atomic mass is 10.2. The van der Waals surface area contributed by atoms with Gasteiger partial charge in [0.15, 0.2) is 0 Å². The zero-order valence-electron chi connectivity index (χ0n) is 11.8. The molecule has 0 bridgehead atoms. The third-order valence-corrected chi connectivity index (χ3v) is 3.81. The lowest BCUT2D eigenvalue weighted by Crippen LogP contribution is -2.22. The third kappa shape index (κ3) is 3.70. The van der Waals surface area contributed by atoms with Gasteiger partial charge in [0, 0.05) is 11.1 Å². The van der Waals surface area contributed by atoms with Crippen LogP contribution in [-0.4, -0.2) is 16.1 Å². The molecule has 116 valence electrons. The van der Waals surface area contributed by atoms with E-state index in [2.05, 4.69) is 15.5 Å². The minimum absolute atomic E-state index is 0.124. The summed E-state index contributed by atoms with van der Waals surface area (Å²) in [6.07, 6.45) is 0. The van der Waals surface area contributed by atoms with Crippen LogP contribution < -0.4 is 5.32 Å². The first-order valence-electron chi connectivity index (χ1n) is 6.74. The van der Waals surface area contributed by atoms with Gasteiger partial charge < -0.3 is 9.73 Å². The Labute approximate surface area is 142 Å². The Kier molecular flexibility index (Phi) is 4.60. The van der Waals surface area contributed by atoms with Gasteiger partial charge in [0.2, 0.25) is 11.8 Å². The van der Waals surface area contributed by atoms with Crippen LogP contribution in [0.25, 0.3) is 11.5 Å². The lowest BCUT2D eigenvalue weighted by Gasteiger charge is -2.03. The first-order valence-corrected chi connectivity index (χ1v) is 7.50. The molecule has 0 spiro atoms. The van der Waals surface area contributed by atoms with Crippen LogP contribution in [0.1, 0.15) is 16.2 Å². The average Bonchev–Trinajstić information content (AvgIpc) is 3.05. The molecule has 1 aromatic heterocycles. The maximum atomic E-state index is 12.1. The summed E-state index contributed by atoms with van der Waals surface area (Å²) in [7, 11) is 0. The predicted molar refractivity (Wildman–Crippen MR) is 87.4 cm³/mol. The number of aromatic nitrogens is 2. The first-order chi connectivity index (χ1) is 11.1. The second kappa shape index (κ2) is 6.81. The highest BCUT2D eigenvalue weighted by atomic mass is 35.5. The summed E-state index contributed by atoms with van der Waals surface area (Å²) >= 11 is 11.7. The van der Waals surface area contributed by atoms with Crippen molar-refractivity contribution in [3.05, 3.63) is 70.0 Å². The van der Waals surface area contributed by atoms with Crippen LogP contribution in [0.2, 0.25) is 10.0 Å². The molecule has 23 heavy (non-hydrogen) atoms. The Hall–Kier alpha value is -2.37. The Morgan fingerprint density at radius 1 is 1.04 bits per heavy atom. The smallest absolute Gasteiger partial charge is 0.251 e. The molecule has 1 heterocycles. The number of carbonyl (C=O) groups excluding carboxylic acids is 1. The van der Waals surface area contributed by atoms with Crippen molar-refractivity contribution in [1.82, 2.24) is 15.5 Å². The number of carbonyl (C=O) groups is 1. The zero-order chi connectivity index (χ0) is 16.2. The predicted octanol–water partition coefficient (Wildman–Crippen LogP) is 3.97. The van der Waals surface area contributed by atoms with E-state index in [9.17, 15) is 4.79 Å². The molecule has 0 unspecified atom stereocenters. The molecule has 0 fully saturated rings. The van der Waals surface area contributed by atoms with Crippen LogP contribution >= 0.6 is 23.2 Å². The van der Waals surface area contributed by atoms with E-state index in [-0.39, 0.29) is 12.5 Å². The fourth-order valence-electron chi connectivity index (χ4n) is 1.92. The molecule has 0 aliphatic rings. The van der Waals surface area contributed by atoms with Gasteiger partial charge >= 0.3 is 0 Å². The number of hydrogen-bond acceptors (Lipinski definition) is 4. The average molecular weight is 348 g/mol. The second-order valence-corrected chi connectivity index (χ2v) is 5.49. The standard InChI is InChI=1S/C16H11Cl2N3O2/c17-12-7-6-11(8-13(12)18)15(22)19-9-14-20-21-16(23-14)10-4-2-1-3-5-10/h1-8H,9H2,(H,19,22). The van der Waals surface area contributed by atoms with Gasteiger partial charge in [-0.15, -0.1) is 10.2 Å². The fraction of sp³-hybridized carbons (Fsp3) is 0.0625. The fourth-order valence-corrected chi connectivity index (χ4v) is 2.22. The van der Waals surface area contributed by atoms with Gasteiger partial charge in [-0.25, -0.2) is 0 Å². The molecule has 0 saturated carbocycles. The molecule has 0 saturated heterocycles. The van der Waals surface area contributed by atoms with E-state index >= 15 is 0 Å². The molecule has 1 N–H and O–H groups in total. The number of hydrogen-bond donors (Lipinski definition) is 1. The van der Waals surface area contributed by atoms with Crippen molar-refractivity contribution in [3.63, 3.8) is 0 Å². The summed E-state index contributed by atoms with van der Waals surface area (Å²) in [4.78, 5) is 12.1. The summed E-state index contributed by atoms with van der Waals surface area (Å²) < 4.78 is 5.51. The summed E-state index contributed by atoms with van der Waals surface area (Å²) in [5.74, 6) is 0.421. The normalized spacial score (nSPS) is 10.5. The van der Waals surface area contributed by atoms with E-state index < -0.39 is 0 Å². The highest BCUT2D eigenvalue weighted by Crippen LogP contribution is 2.22. The number of rotatable bonds is 4. The highest BCUT2D eigenvalue weighted by Gasteiger charge is 2.11. The van der Waals surface area contributed by atoms with Crippen molar-refractivity contribution in [2.75, 3.05) is 0 Å². The Morgan fingerprint density at radius 3 is 2.57 bits per heavy atom. The van der Waals surface area contributed by atoms with Gasteiger partial charge in [-0.2, -0.15) is 0 Å². The van der Waals surface area contributed by atoms with Crippen LogP contribution in [0.5, 0.6) is 0 Å². The van der Waals surface area contributed by atoms with Gasteiger partial charge in [-0.1, -0.05) is 41.4 Å². The zero-order valence-corrected chi connectivity index (χ0v) is 13.3. The molecule has 0 radical (unpaired) electrons. The topological polar surface area (TPSA) is 68.0 Å². The van der Waals surface area contributed by atoms with E-state index in [1.165, 1.54) is 6.07 Å². The van der Waals surface area contributed by atoms with E-state index in [0.717, 1.165) is 5.56 Å². The maximum Gasteiger partial charge on any atom is 0.251 e. The number of nitrogens with one attached hydrogen (secondary N) is 1. The molecule has 2 aromatic carbocycles. The quantitative estimate of drug-likeness (QED) is 0.775. The summed E-state index contributed by atoms with van der Waals surface area (Å²) in [6.45, 7) is 0.124. The number of nitrogens with zero attached hydrogens (tertiary/aromatic N) is 2. The van der Waals surface area contributed by atoms with Gasteiger partial charge in [0.25, 0.3) is 5.91 Å². The van der Waals surface area contributed by atoms with Crippen molar-refractivity contribution >= 4 is 29.1 Å². The van der Waals surface area contributed by atoms with E-state index in [1.807, 2.05) is 30.3 Å². The molecule has 0 atom stereocenters. The molecule has 1 amide bonds. The van der Waals surface area contributed by atoms with Crippen molar-refractivity contribution in [2.24, 2.45) is 0 Å². The summed E-state index contributed by atoms with van der Waals surface area (Å²) in [5.41, 5.74) is 1.23. The van der Waals surface area contributed by atoms with Crippen molar-refractivity contribution in [2.45, 2.75) is 6.54 Å². The van der Waals surface area contributed by atoms with E-state index in [4.69, 9.17) is 27.6 Å². The van der Waals surface area contributed by atoms with E-state index in [0.29, 0.717) is 27.4 Å². The third-order valence-electron chi connectivity index (χ3n) is 3.07. The van der Waals surface area contributed by atoms with Gasteiger partial charge in [0.05, 0.1) is 16.6 Å². The number of amides is 1. The minimum atomic E-state index is -0.303. The Morgan fingerprint density at radius 2 is 1.83 bits per heavy atom. The molecule has 3 aromatic rings. The molecular formula is C16H11Cl2N3O2. The van der Waals surface area contributed by atoms with Gasteiger partial charge in [0.1, 0.15) is 0 Å². The number of halogens is 2. The summed E-state index contributed by atoms with van der Waals surface area (Å²) in [5, 5.41) is 11.3. The molecule has 0 aliphatic carbocycles. The van der Waals surface area contributed by atoms with Crippen LogP contribution in [0, 0.1) is 0 Å². The number of benzene rings is 2. The lowest BCUT2D eigenvalue weighted by molar-refractivity contribution is 0.0947. The Balaban J connectivity index is 1.65. The second-order valence-electron chi connectivity index (χ2n) is 4.68. The molecule has 7 heteroatoms. The largest absolute Gasteiger partial charge is 0.419 e. The van der Waals surface area contributed by atoms with E-state index in [1.54, 1.807) is 12.1 Å².